The summed E-state index contributed by atoms with van der Waals surface area (Å²) >= 11 is 1.57. The monoisotopic (exact) mass is 401 g/mol. The minimum absolute atomic E-state index is 0.0779. The molecule has 1 aromatic heterocycles. The lowest BCUT2D eigenvalue weighted by Crippen LogP contribution is -2.16. The second-order valence-electron chi connectivity index (χ2n) is 6.87. The maximum atomic E-state index is 13.3. The Morgan fingerprint density at radius 2 is 1.75 bits per heavy atom. The zero-order valence-corrected chi connectivity index (χ0v) is 16.3. The fourth-order valence-electron chi connectivity index (χ4n) is 3.30. The molecule has 4 nitrogen and oxygen atoms in total. The molecular formula is C21H21F2N3OS. The van der Waals surface area contributed by atoms with Crippen LogP contribution in [0, 0.1) is 11.6 Å². The highest BCUT2D eigenvalue weighted by Gasteiger charge is 2.23. The van der Waals surface area contributed by atoms with E-state index >= 15 is 0 Å². The molecule has 4 rings (SSSR count). The van der Waals surface area contributed by atoms with Crippen LogP contribution < -0.4 is 0 Å². The lowest BCUT2D eigenvalue weighted by molar-refractivity contribution is 0.0953. The highest BCUT2D eigenvalue weighted by Crippen LogP contribution is 2.36. The summed E-state index contributed by atoms with van der Waals surface area (Å²) in [5, 5.41) is 9.61. The maximum absolute atomic E-state index is 13.3. The molecular weight excluding hydrogens is 380 g/mol. The number of rotatable bonds is 6. The van der Waals surface area contributed by atoms with Gasteiger partial charge in [-0.15, -0.1) is 10.2 Å². The molecule has 0 saturated carbocycles. The molecule has 0 bridgehead atoms. The standard InChI is InChI=1S/C21H21F2N3OS/c1-14(15-4-8-17(22)9-5-15)28-21-25-24-20(16-6-10-18(23)11-7-16)26(21)13-19-3-2-12-27-19/h4-11,14,19H,2-3,12-13H2,1H3. The highest BCUT2D eigenvalue weighted by molar-refractivity contribution is 7.99. The molecule has 0 N–H and O–H groups in total. The van der Waals surface area contributed by atoms with Gasteiger partial charge in [-0.1, -0.05) is 23.9 Å². The molecule has 7 heteroatoms. The van der Waals surface area contributed by atoms with Crippen LogP contribution in [0.1, 0.15) is 30.6 Å². The Kier molecular flexibility index (Phi) is 5.73. The van der Waals surface area contributed by atoms with E-state index in [1.54, 1.807) is 36.0 Å². The average Bonchev–Trinajstić information content (AvgIpc) is 3.34. The van der Waals surface area contributed by atoms with Crippen molar-refractivity contribution in [3.05, 3.63) is 65.7 Å². The molecule has 146 valence electrons. The quantitative estimate of drug-likeness (QED) is 0.529. The van der Waals surface area contributed by atoms with Crippen LogP contribution in [-0.2, 0) is 11.3 Å². The summed E-state index contributed by atoms with van der Waals surface area (Å²) in [6, 6.07) is 12.8. The van der Waals surface area contributed by atoms with Crippen molar-refractivity contribution in [1.29, 1.82) is 0 Å². The molecule has 0 radical (unpaired) electrons. The fraction of sp³-hybridized carbons (Fsp3) is 0.333. The first-order chi connectivity index (χ1) is 13.6. The molecule has 1 aliphatic rings. The van der Waals surface area contributed by atoms with Crippen molar-refractivity contribution in [3.8, 4) is 11.4 Å². The number of hydrogen-bond donors (Lipinski definition) is 0. The molecule has 1 aliphatic heterocycles. The molecule has 1 fully saturated rings. The van der Waals surface area contributed by atoms with Crippen LogP contribution in [0.3, 0.4) is 0 Å². The summed E-state index contributed by atoms with van der Waals surface area (Å²) in [6.07, 6.45) is 2.17. The molecule has 3 aromatic rings. The number of benzene rings is 2. The van der Waals surface area contributed by atoms with E-state index in [-0.39, 0.29) is 23.0 Å². The smallest absolute Gasteiger partial charge is 0.192 e. The summed E-state index contributed by atoms with van der Waals surface area (Å²) < 4.78 is 34.4. The zero-order valence-electron chi connectivity index (χ0n) is 15.5. The predicted molar refractivity (Wildman–Crippen MR) is 105 cm³/mol. The minimum atomic E-state index is -0.284. The van der Waals surface area contributed by atoms with Crippen molar-refractivity contribution in [1.82, 2.24) is 14.8 Å². The first-order valence-corrected chi connectivity index (χ1v) is 10.2. The molecule has 2 unspecified atom stereocenters. The van der Waals surface area contributed by atoms with Crippen LogP contribution in [0.15, 0.2) is 53.7 Å². The van der Waals surface area contributed by atoms with Gasteiger partial charge in [0.05, 0.1) is 12.6 Å². The molecule has 1 saturated heterocycles. The summed E-state index contributed by atoms with van der Waals surface area (Å²) in [5.74, 6) is 0.166. The zero-order chi connectivity index (χ0) is 19.5. The van der Waals surface area contributed by atoms with E-state index in [1.165, 1.54) is 24.3 Å². The number of halogens is 2. The highest BCUT2D eigenvalue weighted by atomic mass is 32.2. The van der Waals surface area contributed by atoms with Crippen LogP contribution in [0.25, 0.3) is 11.4 Å². The molecule has 2 atom stereocenters. The van der Waals surface area contributed by atoms with E-state index in [0.29, 0.717) is 12.4 Å². The van der Waals surface area contributed by atoms with E-state index < -0.39 is 0 Å². The third-order valence-corrected chi connectivity index (χ3v) is 5.99. The summed E-state index contributed by atoms with van der Waals surface area (Å²) in [4.78, 5) is 0. The van der Waals surface area contributed by atoms with Crippen LogP contribution >= 0.6 is 11.8 Å². The average molecular weight is 401 g/mol. The Morgan fingerprint density at radius 3 is 2.39 bits per heavy atom. The van der Waals surface area contributed by atoms with Crippen molar-refractivity contribution in [2.45, 2.75) is 42.8 Å². The first-order valence-electron chi connectivity index (χ1n) is 9.33. The minimum Gasteiger partial charge on any atom is -0.376 e. The van der Waals surface area contributed by atoms with E-state index in [0.717, 1.165) is 35.7 Å². The van der Waals surface area contributed by atoms with Crippen molar-refractivity contribution in [2.75, 3.05) is 6.61 Å². The number of aromatic nitrogens is 3. The van der Waals surface area contributed by atoms with E-state index in [9.17, 15) is 8.78 Å². The van der Waals surface area contributed by atoms with E-state index in [1.807, 2.05) is 4.57 Å². The van der Waals surface area contributed by atoms with Gasteiger partial charge in [0.1, 0.15) is 11.6 Å². The van der Waals surface area contributed by atoms with Gasteiger partial charge in [0.15, 0.2) is 11.0 Å². The lowest BCUT2D eigenvalue weighted by atomic mass is 10.2. The summed E-state index contributed by atoms with van der Waals surface area (Å²) in [6.45, 7) is 3.48. The van der Waals surface area contributed by atoms with Gasteiger partial charge in [0.25, 0.3) is 0 Å². The molecule has 28 heavy (non-hydrogen) atoms. The van der Waals surface area contributed by atoms with E-state index in [2.05, 4.69) is 17.1 Å². The third kappa shape index (κ3) is 4.25. The van der Waals surface area contributed by atoms with Gasteiger partial charge in [-0.3, -0.25) is 4.57 Å². The van der Waals surface area contributed by atoms with Gasteiger partial charge in [0, 0.05) is 17.4 Å². The lowest BCUT2D eigenvalue weighted by Gasteiger charge is -2.17. The van der Waals surface area contributed by atoms with Gasteiger partial charge >= 0.3 is 0 Å². The Balaban J connectivity index is 1.63. The van der Waals surface area contributed by atoms with Crippen LogP contribution in [0.5, 0.6) is 0 Å². The number of hydrogen-bond acceptors (Lipinski definition) is 4. The summed E-state index contributed by atoms with van der Waals surface area (Å²) in [5.41, 5.74) is 1.83. The maximum Gasteiger partial charge on any atom is 0.192 e. The molecule has 2 aromatic carbocycles. The van der Waals surface area contributed by atoms with Gasteiger partial charge in [-0.2, -0.15) is 0 Å². The van der Waals surface area contributed by atoms with Gasteiger partial charge in [0.2, 0.25) is 0 Å². The second-order valence-corrected chi connectivity index (χ2v) is 8.18. The predicted octanol–water partition coefficient (Wildman–Crippen LogP) is 5.26. The van der Waals surface area contributed by atoms with Crippen molar-refractivity contribution in [3.63, 3.8) is 0 Å². The normalized spacial score (nSPS) is 17.8. The number of ether oxygens (including phenoxy) is 1. The third-order valence-electron chi connectivity index (χ3n) is 4.85. The van der Waals surface area contributed by atoms with Crippen molar-refractivity contribution in [2.24, 2.45) is 0 Å². The first kappa shape index (κ1) is 19.1. The van der Waals surface area contributed by atoms with Gasteiger partial charge in [-0.05, 0) is 61.7 Å². The molecule has 0 aliphatic carbocycles. The van der Waals surface area contributed by atoms with E-state index in [4.69, 9.17) is 4.74 Å². The van der Waals surface area contributed by atoms with Gasteiger partial charge in [-0.25, -0.2) is 8.78 Å². The van der Waals surface area contributed by atoms with Crippen LogP contribution in [-0.4, -0.2) is 27.5 Å². The Hall–Kier alpha value is -2.25. The van der Waals surface area contributed by atoms with Crippen LogP contribution in [0.2, 0.25) is 0 Å². The largest absolute Gasteiger partial charge is 0.376 e. The Morgan fingerprint density at radius 1 is 1.07 bits per heavy atom. The SMILES string of the molecule is CC(Sc1nnc(-c2ccc(F)cc2)n1CC1CCCO1)c1ccc(F)cc1. The summed E-state index contributed by atoms with van der Waals surface area (Å²) in [7, 11) is 0. The van der Waals surface area contributed by atoms with Crippen molar-refractivity contribution >= 4 is 11.8 Å². The Labute approximate surface area is 166 Å². The number of thioether (sulfide) groups is 1. The molecule has 0 spiro atoms. The van der Waals surface area contributed by atoms with Crippen molar-refractivity contribution < 1.29 is 13.5 Å². The van der Waals surface area contributed by atoms with Gasteiger partial charge < -0.3 is 4.74 Å². The Bertz CT molecular complexity index is 922. The van der Waals surface area contributed by atoms with Crippen LogP contribution in [0.4, 0.5) is 8.78 Å². The number of nitrogens with zero attached hydrogens (tertiary/aromatic N) is 3. The second kappa shape index (κ2) is 8.41. The molecule has 2 heterocycles. The fourth-order valence-corrected chi connectivity index (χ4v) is 4.29. The topological polar surface area (TPSA) is 39.9 Å². The molecule has 0 amide bonds.